The summed E-state index contributed by atoms with van der Waals surface area (Å²) in [6.45, 7) is 5.34. The first-order valence-corrected chi connectivity index (χ1v) is 15.7. The molecule has 0 saturated carbocycles. The Kier molecular flexibility index (Phi) is 9.10. The third-order valence-electron chi connectivity index (χ3n) is 6.55. The van der Waals surface area contributed by atoms with E-state index >= 15 is 0 Å². The molecule has 208 valence electrons. The van der Waals surface area contributed by atoms with Gasteiger partial charge in [-0.2, -0.15) is 17.4 Å². The number of Topliss-reactive ketones (excluding diaryl/α,β-unsaturated/α-hetero) is 1. The van der Waals surface area contributed by atoms with E-state index in [1.165, 1.54) is 8.61 Å². The van der Waals surface area contributed by atoms with Gasteiger partial charge in [0.1, 0.15) is 5.54 Å². The van der Waals surface area contributed by atoms with Crippen LogP contribution in [-0.2, 0) is 29.9 Å². The Bertz CT molecular complexity index is 1200. The minimum Gasteiger partial charge on any atom is -0.294 e. The number of hydrogen-bond donors (Lipinski definition) is 2. The highest BCUT2D eigenvalue weighted by atomic mass is 35.5. The van der Waals surface area contributed by atoms with Gasteiger partial charge in [-0.3, -0.25) is 14.4 Å². The number of halogens is 1. The number of carbonyl (C=O) groups is 2. The van der Waals surface area contributed by atoms with E-state index in [0.717, 1.165) is 6.26 Å². The molecular weight excluding hydrogens is 544 g/mol. The minimum absolute atomic E-state index is 0.0258. The van der Waals surface area contributed by atoms with Gasteiger partial charge in [0.15, 0.2) is 5.78 Å². The zero-order chi connectivity index (χ0) is 27.6. The molecule has 14 heteroatoms. The molecule has 0 aromatic heterocycles. The number of nitrogens with one attached hydrogen (secondary N) is 2. The fourth-order valence-corrected chi connectivity index (χ4v) is 6.97. The van der Waals surface area contributed by atoms with Crippen LogP contribution in [0.3, 0.4) is 0 Å². The van der Waals surface area contributed by atoms with E-state index in [-0.39, 0.29) is 50.7 Å². The molecule has 0 spiro atoms. The second-order valence-corrected chi connectivity index (χ2v) is 14.6. The number of hydroxylamine groups is 1. The van der Waals surface area contributed by atoms with E-state index in [1.54, 1.807) is 45.0 Å². The maximum absolute atomic E-state index is 13.4. The molecule has 2 aliphatic heterocycles. The van der Waals surface area contributed by atoms with Crippen molar-refractivity contribution in [2.75, 3.05) is 32.4 Å². The van der Waals surface area contributed by atoms with Crippen LogP contribution in [-0.4, -0.2) is 80.7 Å². The molecule has 2 fully saturated rings. The largest absolute Gasteiger partial charge is 0.294 e. The van der Waals surface area contributed by atoms with Crippen LogP contribution in [0.2, 0.25) is 5.02 Å². The molecule has 0 atom stereocenters. The Morgan fingerprint density at radius 1 is 0.973 bits per heavy atom. The summed E-state index contributed by atoms with van der Waals surface area (Å²) in [5.74, 6) is -1.08. The van der Waals surface area contributed by atoms with Gasteiger partial charge in [0.2, 0.25) is 10.0 Å². The predicted octanol–water partition coefficient (Wildman–Crippen LogP) is 1.71. The smallest absolute Gasteiger partial charge is 0.280 e. The van der Waals surface area contributed by atoms with Crippen molar-refractivity contribution in [3.8, 4) is 0 Å². The van der Waals surface area contributed by atoms with Crippen molar-refractivity contribution in [2.24, 2.45) is 5.92 Å². The van der Waals surface area contributed by atoms with Crippen molar-refractivity contribution < 1.29 is 31.3 Å². The Labute approximate surface area is 224 Å². The predicted molar refractivity (Wildman–Crippen MR) is 139 cm³/mol. The number of nitrogens with zero attached hydrogens (tertiary/aromatic N) is 2. The van der Waals surface area contributed by atoms with Crippen molar-refractivity contribution in [3.63, 3.8) is 0 Å². The van der Waals surface area contributed by atoms with Crippen LogP contribution in [0.4, 0.5) is 0 Å². The van der Waals surface area contributed by atoms with Gasteiger partial charge >= 0.3 is 0 Å². The topological polar surface area (TPSA) is 142 Å². The van der Waals surface area contributed by atoms with Gasteiger partial charge in [-0.25, -0.2) is 18.2 Å². The number of sulfonamides is 1. The average molecular weight is 579 g/mol. The van der Waals surface area contributed by atoms with Crippen LogP contribution in [0.15, 0.2) is 24.3 Å². The third-order valence-corrected chi connectivity index (χ3v) is 9.80. The lowest BCUT2D eigenvalue weighted by atomic mass is 9.89. The maximum Gasteiger partial charge on any atom is 0.280 e. The van der Waals surface area contributed by atoms with Gasteiger partial charge in [-0.1, -0.05) is 11.6 Å². The molecule has 1 aromatic rings. The molecule has 11 nitrogen and oxygen atoms in total. The summed E-state index contributed by atoms with van der Waals surface area (Å²) in [6.07, 6.45) is 1.60. The molecule has 2 saturated heterocycles. The summed E-state index contributed by atoms with van der Waals surface area (Å²) < 4.78 is 55.7. The highest BCUT2D eigenvalue weighted by Gasteiger charge is 2.48. The monoisotopic (exact) mass is 578 g/mol. The second kappa shape index (κ2) is 11.2. The summed E-state index contributed by atoms with van der Waals surface area (Å²) in [5, 5.41) is 0.525. The third kappa shape index (κ3) is 7.71. The Balaban J connectivity index is 1.72. The van der Waals surface area contributed by atoms with E-state index in [0.29, 0.717) is 23.4 Å². The molecule has 0 radical (unpaired) electrons. The first-order chi connectivity index (χ1) is 17.0. The summed E-state index contributed by atoms with van der Waals surface area (Å²) in [7, 11) is -7.64. The molecule has 2 heterocycles. The molecule has 2 N–H and O–H groups in total. The van der Waals surface area contributed by atoms with Crippen LogP contribution in [0.5, 0.6) is 0 Å². The molecule has 37 heavy (non-hydrogen) atoms. The molecule has 0 bridgehead atoms. The molecule has 2 aliphatic rings. The lowest BCUT2D eigenvalue weighted by molar-refractivity contribution is -0.153. The lowest BCUT2D eigenvalue weighted by Gasteiger charge is -2.41. The number of amides is 1. The summed E-state index contributed by atoms with van der Waals surface area (Å²) in [4.78, 5) is 31.4. The Hall–Kier alpha value is -1.61. The normalized spacial score (nSPS) is 20.5. The number of carbonyl (C=O) groups excluding carboxylic acids is 2. The van der Waals surface area contributed by atoms with E-state index in [2.05, 4.69) is 10.2 Å². The summed E-state index contributed by atoms with van der Waals surface area (Å²) >= 11 is 5.90. The Morgan fingerprint density at radius 3 is 2.00 bits per heavy atom. The van der Waals surface area contributed by atoms with Gasteiger partial charge in [-0.15, -0.1) is 0 Å². The fraction of sp³-hybridized carbons (Fsp3) is 0.652. The van der Waals surface area contributed by atoms with E-state index in [4.69, 9.17) is 16.4 Å². The molecular formula is C23H35ClN4O7S2. The molecule has 1 aromatic carbocycles. The maximum atomic E-state index is 13.4. The van der Waals surface area contributed by atoms with Crippen LogP contribution in [0.1, 0.15) is 56.8 Å². The lowest BCUT2D eigenvalue weighted by Crippen LogP contribution is -2.65. The van der Waals surface area contributed by atoms with Crippen molar-refractivity contribution in [1.82, 2.24) is 18.8 Å². The summed E-state index contributed by atoms with van der Waals surface area (Å²) in [5.41, 5.74) is 0.557. The number of benzene rings is 1. The van der Waals surface area contributed by atoms with Crippen molar-refractivity contribution in [1.29, 1.82) is 0 Å². The zero-order valence-electron chi connectivity index (χ0n) is 21.5. The number of hydrogen-bond acceptors (Lipinski definition) is 7. The van der Waals surface area contributed by atoms with Crippen molar-refractivity contribution in [2.45, 2.75) is 57.6 Å². The molecule has 0 unspecified atom stereocenters. The zero-order valence-corrected chi connectivity index (χ0v) is 23.9. The van der Waals surface area contributed by atoms with E-state index < -0.39 is 37.3 Å². The highest BCUT2D eigenvalue weighted by molar-refractivity contribution is 7.88. The molecule has 3 rings (SSSR count). The number of piperidine rings is 2. The van der Waals surface area contributed by atoms with Gasteiger partial charge < -0.3 is 0 Å². The van der Waals surface area contributed by atoms with Gasteiger partial charge in [0.05, 0.1) is 11.9 Å². The van der Waals surface area contributed by atoms with Gasteiger partial charge in [0, 0.05) is 42.7 Å². The Morgan fingerprint density at radius 2 is 1.51 bits per heavy atom. The first-order valence-electron chi connectivity index (χ1n) is 12.0. The van der Waals surface area contributed by atoms with Crippen LogP contribution in [0, 0.1) is 5.92 Å². The molecule has 1 amide bonds. The SMILES string of the molecule is CC(C)(C)ONC(=O)C1(NS(=O)(=O)N2CCC(C(=O)c3ccc(Cl)cc3)CC2)CCN(S(C)(=O)=O)CC1. The van der Waals surface area contributed by atoms with Gasteiger partial charge in [-0.05, 0) is 70.7 Å². The van der Waals surface area contributed by atoms with E-state index in [9.17, 15) is 26.4 Å². The quantitative estimate of drug-likeness (QED) is 0.353. The molecule has 0 aliphatic carbocycles. The van der Waals surface area contributed by atoms with E-state index in [1.807, 2.05) is 0 Å². The average Bonchev–Trinajstić information content (AvgIpc) is 2.81. The standard InChI is InChI=1S/C23H35ClN4O7S2/c1-22(2,3)35-25-21(30)23(11-15-27(16-12-23)36(4,31)32)26-37(33,34)28-13-9-18(10-14-28)20(29)17-5-7-19(24)8-6-17/h5-8,18,26H,9-16H2,1-4H3,(H,25,30). The van der Waals surface area contributed by atoms with Crippen molar-refractivity contribution >= 4 is 43.5 Å². The highest BCUT2D eigenvalue weighted by Crippen LogP contribution is 2.29. The first kappa shape index (κ1) is 29.9. The van der Waals surface area contributed by atoms with Crippen LogP contribution < -0.4 is 10.2 Å². The van der Waals surface area contributed by atoms with Crippen LogP contribution >= 0.6 is 11.6 Å². The minimum atomic E-state index is -4.14. The summed E-state index contributed by atoms with van der Waals surface area (Å²) in [6, 6.07) is 6.59. The van der Waals surface area contributed by atoms with Gasteiger partial charge in [0.25, 0.3) is 16.1 Å². The number of ketones is 1. The fourth-order valence-electron chi connectivity index (χ4n) is 4.39. The van der Waals surface area contributed by atoms with Crippen LogP contribution in [0.25, 0.3) is 0 Å². The second-order valence-electron chi connectivity index (χ2n) is 10.5. The number of rotatable bonds is 8. The van der Waals surface area contributed by atoms with Crippen molar-refractivity contribution in [3.05, 3.63) is 34.9 Å².